The molecule has 0 spiro atoms. The molecule has 0 atom stereocenters. The highest BCUT2D eigenvalue weighted by atomic mass is 79.9. The van der Waals surface area contributed by atoms with Gasteiger partial charge in [0, 0.05) is 23.6 Å². The maximum Gasteiger partial charge on any atom is 0.0958 e. The van der Waals surface area contributed by atoms with Gasteiger partial charge in [-0.3, -0.25) is 0 Å². The number of hydrogen-bond acceptors (Lipinski definition) is 2. The maximum absolute atomic E-state index is 5.64. The van der Waals surface area contributed by atoms with Crippen LogP contribution in [0, 0.1) is 0 Å². The summed E-state index contributed by atoms with van der Waals surface area (Å²) in [6, 6.07) is 16.1. The summed E-state index contributed by atoms with van der Waals surface area (Å²) in [5, 5.41) is 1.02. The molecule has 1 N–H and O–H groups in total. The van der Waals surface area contributed by atoms with E-state index >= 15 is 0 Å². The lowest BCUT2D eigenvalue weighted by molar-refractivity contribution is 0.700. The molecule has 144 valence electrons. The minimum Gasteiger partial charge on any atom is -0.345 e. The third-order valence-corrected chi connectivity index (χ3v) is 4.75. The first kappa shape index (κ1) is 21.7. The normalized spacial score (nSPS) is 10.2. The van der Waals surface area contributed by atoms with Crippen LogP contribution in [0.15, 0.2) is 61.2 Å². The number of imidazole rings is 2. The van der Waals surface area contributed by atoms with E-state index in [1.807, 2.05) is 48.8 Å². The SMILES string of the molecule is ClCCCBr.ClCCCn1cnc2ccccc21.c1ccc2[nH]cnc2c1. The van der Waals surface area contributed by atoms with Gasteiger partial charge in [-0.2, -0.15) is 0 Å². The fraction of sp³-hybridized carbons (Fsp3) is 0.300. The van der Waals surface area contributed by atoms with Crippen molar-refractivity contribution in [3.63, 3.8) is 0 Å². The van der Waals surface area contributed by atoms with Crippen molar-refractivity contribution in [1.29, 1.82) is 0 Å². The summed E-state index contributed by atoms with van der Waals surface area (Å²) < 4.78 is 2.14. The zero-order valence-electron chi connectivity index (χ0n) is 15.0. The van der Waals surface area contributed by atoms with Crippen molar-refractivity contribution in [3.05, 3.63) is 61.2 Å². The first-order valence-electron chi connectivity index (χ1n) is 8.76. The standard InChI is InChI=1S/C10H11ClN2.C7H6N2.C3H6BrCl/c11-6-3-7-13-8-12-9-4-1-2-5-10(9)13;1-2-4-7-6(3-1)8-5-9-7;4-2-1-3-5/h1-2,4-5,8H,3,6-7H2;1-5H,(H,8,9);1-3H2. The van der Waals surface area contributed by atoms with Gasteiger partial charge < -0.3 is 9.55 Å². The van der Waals surface area contributed by atoms with Crippen LogP contribution in [0.4, 0.5) is 0 Å². The number of aryl methyl sites for hydroxylation is 1. The highest BCUT2D eigenvalue weighted by Crippen LogP contribution is 2.12. The van der Waals surface area contributed by atoms with Crippen molar-refractivity contribution in [1.82, 2.24) is 19.5 Å². The predicted molar refractivity (Wildman–Crippen MR) is 120 cm³/mol. The number of hydrogen-bond donors (Lipinski definition) is 1. The van der Waals surface area contributed by atoms with E-state index in [0.29, 0.717) is 5.88 Å². The van der Waals surface area contributed by atoms with E-state index < -0.39 is 0 Å². The van der Waals surface area contributed by atoms with Gasteiger partial charge in [0.2, 0.25) is 0 Å². The number of aromatic amines is 1. The number of H-pyrrole nitrogens is 1. The number of aromatic nitrogens is 4. The molecule has 4 nitrogen and oxygen atoms in total. The third-order valence-electron chi connectivity index (χ3n) is 3.66. The summed E-state index contributed by atoms with van der Waals surface area (Å²) in [7, 11) is 0. The van der Waals surface area contributed by atoms with E-state index in [2.05, 4.69) is 41.5 Å². The molecule has 4 rings (SSSR count). The minimum absolute atomic E-state index is 0.701. The van der Waals surface area contributed by atoms with Gasteiger partial charge >= 0.3 is 0 Å². The number of nitrogens with one attached hydrogen (secondary N) is 1. The monoisotopic (exact) mass is 468 g/mol. The molecule has 27 heavy (non-hydrogen) atoms. The number of para-hydroxylation sites is 4. The van der Waals surface area contributed by atoms with Crippen LogP contribution in [-0.4, -0.2) is 36.6 Å². The summed E-state index contributed by atoms with van der Waals surface area (Å²) in [6.07, 6.45) is 5.63. The summed E-state index contributed by atoms with van der Waals surface area (Å²) in [6.45, 7) is 0.948. The average Bonchev–Trinajstić information content (AvgIpc) is 3.35. The second kappa shape index (κ2) is 12.8. The van der Waals surface area contributed by atoms with Crippen LogP contribution in [0.25, 0.3) is 22.1 Å². The number of rotatable bonds is 5. The van der Waals surface area contributed by atoms with Gasteiger partial charge in [0.05, 0.1) is 34.7 Å². The van der Waals surface area contributed by atoms with Crippen molar-refractivity contribution in [3.8, 4) is 0 Å². The number of fused-ring (bicyclic) bond motifs is 2. The molecule has 0 aliphatic carbocycles. The molecule has 2 aromatic heterocycles. The van der Waals surface area contributed by atoms with Crippen molar-refractivity contribution in [2.75, 3.05) is 17.1 Å². The highest BCUT2D eigenvalue weighted by Gasteiger charge is 1.99. The van der Waals surface area contributed by atoms with Gasteiger partial charge in [0.25, 0.3) is 0 Å². The first-order chi connectivity index (χ1) is 13.3. The smallest absolute Gasteiger partial charge is 0.0958 e. The van der Waals surface area contributed by atoms with E-state index in [4.69, 9.17) is 23.2 Å². The molecule has 2 aromatic carbocycles. The second-order valence-corrected chi connectivity index (χ2v) is 7.17. The van der Waals surface area contributed by atoms with Crippen LogP contribution in [-0.2, 0) is 6.54 Å². The molecule has 0 aliphatic rings. The van der Waals surface area contributed by atoms with Crippen LogP contribution < -0.4 is 0 Å². The van der Waals surface area contributed by atoms with Gasteiger partial charge in [-0.1, -0.05) is 40.2 Å². The topological polar surface area (TPSA) is 46.5 Å². The largest absolute Gasteiger partial charge is 0.345 e. The fourth-order valence-electron chi connectivity index (χ4n) is 2.35. The molecular formula is C20H23BrCl2N4. The Balaban J connectivity index is 0.000000162. The molecule has 0 bridgehead atoms. The molecule has 2 heterocycles. The number of halogens is 3. The van der Waals surface area contributed by atoms with Crippen LogP contribution >= 0.6 is 39.1 Å². The molecule has 0 radical (unpaired) electrons. The van der Waals surface area contributed by atoms with Crippen molar-refractivity contribution < 1.29 is 0 Å². The molecule has 7 heteroatoms. The molecular weight excluding hydrogens is 447 g/mol. The number of alkyl halides is 3. The van der Waals surface area contributed by atoms with Gasteiger partial charge in [-0.25, -0.2) is 9.97 Å². The summed E-state index contributed by atoms with van der Waals surface area (Å²) in [5.41, 5.74) is 4.36. The zero-order valence-corrected chi connectivity index (χ0v) is 18.1. The Morgan fingerprint density at radius 2 is 1.59 bits per heavy atom. The summed E-state index contributed by atoms with van der Waals surface area (Å²) in [4.78, 5) is 11.4. The lowest BCUT2D eigenvalue weighted by Crippen LogP contribution is -1.95. The van der Waals surface area contributed by atoms with Crippen molar-refractivity contribution in [2.24, 2.45) is 0 Å². The van der Waals surface area contributed by atoms with Gasteiger partial charge in [-0.05, 0) is 37.1 Å². The van der Waals surface area contributed by atoms with E-state index in [1.54, 1.807) is 6.33 Å². The number of benzene rings is 2. The Bertz CT molecular complexity index is 875. The molecule has 4 aromatic rings. The molecule has 0 unspecified atom stereocenters. The van der Waals surface area contributed by atoms with Crippen LogP contribution in [0.2, 0.25) is 0 Å². The Hall–Kier alpha value is -1.56. The number of nitrogens with zero attached hydrogens (tertiary/aromatic N) is 3. The van der Waals surface area contributed by atoms with Crippen LogP contribution in [0.3, 0.4) is 0 Å². The lowest BCUT2D eigenvalue weighted by Gasteiger charge is -2.00. The Labute approximate surface area is 178 Å². The van der Waals surface area contributed by atoms with Gasteiger partial charge in [0.15, 0.2) is 0 Å². The molecule has 0 saturated carbocycles. The fourth-order valence-corrected chi connectivity index (χ4v) is 3.21. The molecule has 0 saturated heterocycles. The summed E-state index contributed by atoms with van der Waals surface area (Å²) >= 11 is 14.1. The van der Waals surface area contributed by atoms with Crippen molar-refractivity contribution >= 4 is 61.2 Å². The summed E-state index contributed by atoms with van der Waals surface area (Å²) in [5.74, 6) is 1.47. The first-order valence-corrected chi connectivity index (χ1v) is 10.9. The molecule has 0 aliphatic heterocycles. The Morgan fingerprint density at radius 3 is 2.26 bits per heavy atom. The van der Waals surface area contributed by atoms with Crippen LogP contribution in [0.1, 0.15) is 12.8 Å². The van der Waals surface area contributed by atoms with Crippen molar-refractivity contribution in [2.45, 2.75) is 19.4 Å². The average molecular weight is 470 g/mol. The zero-order chi connectivity index (χ0) is 19.3. The van der Waals surface area contributed by atoms with Gasteiger partial charge in [-0.15, -0.1) is 23.2 Å². The Kier molecular flexibility index (Phi) is 10.3. The molecule has 0 fully saturated rings. The predicted octanol–water partition coefficient (Wildman–Crippen LogP) is 6.24. The Morgan fingerprint density at radius 1 is 0.889 bits per heavy atom. The minimum atomic E-state index is 0.701. The lowest BCUT2D eigenvalue weighted by atomic mass is 10.3. The highest BCUT2D eigenvalue weighted by molar-refractivity contribution is 9.09. The van der Waals surface area contributed by atoms with E-state index in [9.17, 15) is 0 Å². The molecule has 0 amide bonds. The van der Waals surface area contributed by atoms with Crippen LogP contribution in [0.5, 0.6) is 0 Å². The second-order valence-electron chi connectivity index (χ2n) is 5.62. The van der Waals surface area contributed by atoms with E-state index in [0.717, 1.165) is 47.1 Å². The third kappa shape index (κ3) is 7.17. The van der Waals surface area contributed by atoms with Gasteiger partial charge in [0.1, 0.15) is 0 Å². The quantitative estimate of drug-likeness (QED) is 0.351. The maximum atomic E-state index is 5.64. The van der Waals surface area contributed by atoms with E-state index in [1.165, 1.54) is 5.52 Å². The van der Waals surface area contributed by atoms with E-state index in [-0.39, 0.29) is 0 Å².